The fraction of sp³-hybridized carbons (Fsp3) is 0.647. The smallest absolute Gasteiger partial charge is 0.307 e. The normalized spacial score (nSPS) is 22.8. The number of carbonyl (C=O) groups is 2. The zero-order valence-electron chi connectivity index (χ0n) is 13.0. The van der Waals surface area contributed by atoms with E-state index >= 15 is 0 Å². The summed E-state index contributed by atoms with van der Waals surface area (Å²) < 4.78 is 0. The molecule has 1 aliphatic heterocycles. The van der Waals surface area contributed by atoms with E-state index < -0.39 is 5.97 Å². The second-order valence-corrected chi connectivity index (χ2v) is 8.08. The fourth-order valence-corrected chi connectivity index (χ4v) is 4.57. The number of carboxylic acids is 1. The van der Waals surface area contributed by atoms with Crippen LogP contribution in [-0.4, -0.2) is 35.0 Å². The topological polar surface area (TPSA) is 57.6 Å². The molecule has 1 saturated carbocycles. The van der Waals surface area contributed by atoms with Crippen molar-refractivity contribution in [3.05, 3.63) is 21.9 Å². The number of carboxylic acid groups (broad SMARTS) is 1. The molecule has 1 unspecified atom stereocenters. The van der Waals surface area contributed by atoms with Crippen molar-refractivity contribution in [1.82, 2.24) is 4.90 Å². The van der Waals surface area contributed by atoms with Crippen LogP contribution in [0.4, 0.5) is 0 Å². The molecule has 1 aromatic rings. The quantitative estimate of drug-likeness (QED) is 0.906. The fourth-order valence-electron chi connectivity index (χ4n) is 3.64. The van der Waals surface area contributed by atoms with Crippen LogP contribution in [0, 0.1) is 18.3 Å². The zero-order chi connectivity index (χ0) is 15.7. The van der Waals surface area contributed by atoms with Crippen molar-refractivity contribution >= 4 is 23.2 Å². The van der Waals surface area contributed by atoms with Crippen LogP contribution in [0.1, 0.15) is 41.9 Å². The number of nitrogens with zero attached hydrogens (tertiary/aromatic N) is 1. The number of aliphatic carboxylic acids is 1. The first-order chi connectivity index (χ1) is 10.5. The molecule has 1 aliphatic carbocycles. The minimum atomic E-state index is -0.661. The van der Waals surface area contributed by atoms with Crippen LogP contribution < -0.4 is 0 Å². The zero-order valence-corrected chi connectivity index (χ0v) is 13.8. The predicted molar refractivity (Wildman–Crippen MR) is 86.0 cm³/mol. The van der Waals surface area contributed by atoms with Crippen LogP contribution in [-0.2, 0) is 16.0 Å². The van der Waals surface area contributed by atoms with E-state index in [1.807, 2.05) is 4.90 Å². The molecule has 2 fully saturated rings. The summed E-state index contributed by atoms with van der Waals surface area (Å²) in [6, 6.07) is 4.27. The van der Waals surface area contributed by atoms with E-state index in [4.69, 9.17) is 5.11 Å². The molecule has 0 radical (unpaired) electrons. The predicted octanol–water partition coefficient (Wildman–Crippen LogP) is 3.09. The van der Waals surface area contributed by atoms with Crippen LogP contribution >= 0.6 is 11.3 Å². The number of hydrogen-bond acceptors (Lipinski definition) is 3. The van der Waals surface area contributed by atoms with Crippen molar-refractivity contribution in [1.29, 1.82) is 0 Å². The average molecular weight is 321 g/mol. The summed E-state index contributed by atoms with van der Waals surface area (Å²) in [5.41, 5.74) is 0.0110. The molecule has 5 heteroatoms. The largest absolute Gasteiger partial charge is 0.481 e. The molecule has 1 spiro atoms. The second-order valence-electron chi connectivity index (χ2n) is 6.70. The lowest BCUT2D eigenvalue weighted by Gasteiger charge is -2.32. The lowest BCUT2D eigenvalue weighted by molar-refractivity contribution is -0.139. The Hall–Kier alpha value is -1.36. The van der Waals surface area contributed by atoms with E-state index in [9.17, 15) is 9.59 Å². The van der Waals surface area contributed by atoms with Gasteiger partial charge in [-0.15, -0.1) is 11.3 Å². The van der Waals surface area contributed by atoms with Crippen LogP contribution in [0.25, 0.3) is 0 Å². The van der Waals surface area contributed by atoms with E-state index in [0.29, 0.717) is 6.42 Å². The van der Waals surface area contributed by atoms with Crippen molar-refractivity contribution in [3.8, 4) is 0 Å². The molecule has 2 aliphatic rings. The number of hydrogen-bond donors (Lipinski definition) is 1. The lowest BCUT2D eigenvalue weighted by atomic mass is 9.90. The number of amides is 1. The molecule has 22 heavy (non-hydrogen) atoms. The Bertz CT molecular complexity index is 572. The molecule has 0 bridgehead atoms. The van der Waals surface area contributed by atoms with Gasteiger partial charge in [0.25, 0.3) is 0 Å². The van der Waals surface area contributed by atoms with Gasteiger partial charge in [-0.05, 0) is 56.6 Å². The molecule has 0 aromatic carbocycles. The third-order valence-corrected chi connectivity index (χ3v) is 6.27. The summed E-state index contributed by atoms with van der Waals surface area (Å²) in [4.78, 5) is 27.9. The van der Waals surface area contributed by atoms with Crippen LogP contribution in [0.2, 0.25) is 0 Å². The highest BCUT2D eigenvalue weighted by Gasteiger charge is 2.59. The Morgan fingerprint density at radius 2 is 2.09 bits per heavy atom. The number of carbonyl (C=O) groups excluding carboxylic acids is 1. The summed E-state index contributed by atoms with van der Waals surface area (Å²) in [6.45, 7) is 3.58. The minimum absolute atomic E-state index is 0.0110. The Kier molecular flexibility index (Phi) is 4.26. The van der Waals surface area contributed by atoms with Gasteiger partial charge in [-0.2, -0.15) is 0 Å². The van der Waals surface area contributed by atoms with Gasteiger partial charge in [-0.1, -0.05) is 0 Å². The van der Waals surface area contributed by atoms with E-state index in [0.717, 1.165) is 45.2 Å². The van der Waals surface area contributed by atoms with Crippen molar-refractivity contribution in [3.63, 3.8) is 0 Å². The Morgan fingerprint density at radius 3 is 2.64 bits per heavy atom. The van der Waals surface area contributed by atoms with E-state index in [1.165, 1.54) is 9.75 Å². The lowest BCUT2D eigenvalue weighted by Crippen LogP contribution is -2.39. The number of likely N-dealkylation sites (tertiary alicyclic amines) is 1. The summed E-state index contributed by atoms with van der Waals surface area (Å²) in [5, 5.41) is 9.09. The van der Waals surface area contributed by atoms with Crippen LogP contribution in [0.5, 0.6) is 0 Å². The molecule has 120 valence electrons. The average Bonchev–Trinajstić information content (AvgIpc) is 3.03. The molecule has 1 aromatic heterocycles. The second kappa shape index (κ2) is 6.03. The van der Waals surface area contributed by atoms with Gasteiger partial charge >= 0.3 is 5.97 Å². The van der Waals surface area contributed by atoms with Gasteiger partial charge in [-0.25, -0.2) is 0 Å². The van der Waals surface area contributed by atoms with Crippen molar-refractivity contribution in [2.24, 2.45) is 11.3 Å². The summed E-state index contributed by atoms with van der Waals surface area (Å²) in [6.07, 6.45) is 5.01. The maximum atomic E-state index is 12.3. The number of thiophene rings is 1. The van der Waals surface area contributed by atoms with Gasteiger partial charge in [0.15, 0.2) is 0 Å². The minimum Gasteiger partial charge on any atom is -0.481 e. The molecular weight excluding hydrogens is 298 g/mol. The highest BCUT2D eigenvalue weighted by molar-refractivity contribution is 7.11. The van der Waals surface area contributed by atoms with Crippen molar-refractivity contribution in [2.75, 3.05) is 13.1 Å². The van der Waals surface area contributed by atoms with Gasteiger partial charge in [0.1, 0.15) is 0 Å². The first kappa shape index (κ1) is 15.5. The Labute approximate surface area is 135 Å². The first-order valence-corrected chi connectivity index (χ1v) is 8.88. The summed E-state index contributed by atoms with van der Waals surface area (Å²) in [7, 11) is 0. The molecular formula is C17H23NO3S. The molecule has 4 nitrogen and oxygen atoms in total. The van der Waals surface area contributed by atoms with Crippen LogP contribution in [0.3, 0.4) is 0 Å². The van der Waals surface area contributed by atoms with Gasteiger partial charge in [0.05, 0.1) is 5.92 Å². The highest BCUT2D eigenvalue weighted by Crippen LogP contribution is 2.59. The van der Waals surface area contributed by atoms with Gasteiger partial charge in [-0.3, -0.25) is 9.59 Å². The van der Waals surface area contributed by atoms with E-state index in [1.54, 1.807) is 11.3 Å². The van der Waals surface area contributed by atoms with E-state index in [-0.39, 0.29) is 17.2 Å². The Balaban J connectivity index is 1.40. The van der Waals surface area contributed by atoms with Crippen molar-refractivity contribution < 1.29 is 14.7 Å². The number of piperidine rings is 1. The standard InChI is InChI=1S/C17H23NO3S/c1-12-5-6-13(22-12)3-2-4-15(19)18-9-7-17(8-10-18)11-14(17)16(20)21/h5-6,14H,2-4,7-11H2,1H3,(H,20,21). The maximum Gasteiger partial charge on any atom is 0.307 e. The molecule has 1 amide bonds. The number of rotatable bonds is 5. The molecule has 3 rings (SSSR count). The Morgan fingerprint density at radius 1 is 1.36 bits per heavy atom. The first-order valence-electron chi connectivity index (χ1n) is 8.06. The monoisotopic (exact) mass is 321 g/mol. The molecule has 2 heterocycles. The number of aryl methyl sites for hydroxylation is 2. The van der Waals surface area contributed by atoms with Gasteiger partial charge in [0, 0.05) is 29.3 Å². The molecule has 1 atom stereocenters. The highest BCUT2D eigenvalue weighted by atomic mass is 32.1. The van der Waals surface area contributed by atoms with Gasteiger partial charge < -0.3 is 10.0 Å². The van der Waals surface area contributed by atoms with Crippen molar-refractivity contribution in [2.45, 2.75) is 45.4 Å². The summed E-state index contributed by atoms with van der Waals surface area (Å²) >= 11 is 1.81. The summed E-state index contributed by atoms with van der Waals surface area (Å²) in [5.74, 6) is -0.589. The molecule has 1 saturated heterocycles. The molecule has 1 N–H and O–H groups in total. The van der Waals surface area contributed by atoms with Crippen LogP contribution in [0.15, 0.2) is 12.1 Å². The third-order valence-electron chi connectivity index (χ3n) is 5.21. The maximum absolute atomic E-state index is 12.3. The third kappa shape index (κ3) is 3.19. The SMILES string of the molecule is Cc1ccc(CCCC(=O)N2CCC3(CC2)CC3C(=O)O)s1. The van der Waals surface area contributed by atoms with Gasteiger partial charge in [0.2, 0.25) is 5.91 Å². The van der Waals surface area contributed by atoms with E-state index in [2.05, 4.69) is 19.1 Å².